The van der Waals surface area contributed by atoms with E-state index in [-0.39, 0.29) is 0 Å². The molecule has 0 saturated carbocycles. The fourth-order valence-corrected chi connectivity index (χ4v) is 2.73. The quantitative estimate of drug-likeness (QED) is 0.796. The first-order chi connectivity index (χ1) is 8.26. The molecular formula is C12H19N5. The third kappa shape index (κ3) is 2.00. The molecule has 1 aromatic heterocycles. The minimum Gasteiger partial charge on any atom is -0.384 e. The predicted molar refractivity (Wildman–Crippen MR) is 66.6 cm³/mol. The lowest BCUT2D eigenvalue weighted by Crippen LogP contribution is -2.57. The molecule has 3 saturated heterocycles. The van der Waals surface area contributed by atoms with Crippen LogP contribution in [0.5, 0.6) is 0 Å². The van der Waals surface area contributed by atoms with Crippen LogP contribution in [0.2, 0.25) is 0 Å². The summed E-state index contributed by atoms with van der Waals surface area (Å²) < 4.78 is 0. The van der Waals surface area contributed by atoms with Gasteiger partial charge in [-0.2, -0.15) is 0 Å². The number of rotatable bonds is 2. The van der Waals surface area contributed by atoms with Crippen molar-refractivity contribution in [1.82, 2.24) is 19.8 Å². The number of nitrogens with zero attached hydrogens (tertiary/aromatic N) is 4. The van der Waals surface area contributed by atoms with Crippen LogP contribution in [0.25, 0.3) is 0 Å². The summed E-state index contributed by atoms with van der Waals surface area (Å²) in [5.74, 6) is 1.51. The van der Waals surface area contributed by atoms with Crippen LogP contribution >= 0.6 is 0 Å². The molecule has 3 aliphatic rings. The van der Waals surface area contributed by atoms with Crippen LogP contribution in [0.4, 0.5) is 5.82 Å². The molecule has 1 aromatic rings. The number of anilines is 1. The zero-order valence-corrected chi connectivity index (χ0v) is 10.3. The Morgan fingerprint density at radius 1 is 1.29 bits per heavy atom. The first kappa shape index (κ1) is 10.9. The Kier molecular flexibility index (Phi) is 2.72. The largest absolute Gasteiger partial charge is 0.384 e. The average Bonchev–Trinajstić information content (AvgIpc) is 2.39. The molecule has 3 aliphatic heterocycles. The van der Waals surface area contributed by atoms with E-state index < -0.39 is 0 Å². The van der Waals surface area contributed by atoms with E-state index in [1.54, 1.807) is 0 Å². The van der Waals surface area contributed by atoms with Crippen molar-refractivity contribution < 1.29 is 0 Å². The van der Waals surface area contributed by atoms with Gasteiger partial charge in [0, 0.05) is 44.5 Å². The molecule has 0 aliphatic carbocycles. The van der Waals surface area contributed by atoms with E-state index in [9.17, 15) is 0 Å². The van der Waals surface area contributed by atoms with Crippen LogP contribution in [0.1, 0.15) is 24.5 Å². The average molecular weight is 233 g/mol. The van der Waals surface area contributed by atoms with E-state index in [1.165, 1.54) is 13.1 Å². The maximum Gasteiger partial charge on any atom is 0.149 e. The zero-order valence-electron chi connectivity index (χ0n) is 10.3. The van der Waals surface area contributed by atoms with Crippen molar-refractivity contribution in [2.75, 3.05) is 38.5 Å². The number of aryl methyl sites for hydroxylation is 1. The smallest absolute Gasteiger partial charge is 0.149 e. The molecule has 4 heterocycles. The Morgan fingerprint density at radius 3 is 2.65 bits per heavy atom. The van der Waals surface area contributed by atoms with E-state index in [0.717, 1.165) is 37.6 Å². The molecule has 3 fully saturated rings. The number of nitrogens with two attached hydrogens (primary N) is 1. The van der Waals surface area contributed by atoms with Gasteiger partial charge in [-0.25, -0.2) is 9.97 Å². The molecule has 5 nitrogen and oxygen atoms in total. The van der Waals surface area contributed by atoms with E-state index in [1.807, 2.05) is 6.07 Å². The van der Waals surface area contributed by atoms with Crippen molar-refractivity contribution in [3.63, 3.8) is 0 Å². The van der Waals surface area contributed by atoms with E-state index in [2.05, 4.69) is 26.7 Å². The van der Waals surface area contributed by atoms with Gasteiger partial charge in [0.05, 0.1) is 6.04 Å². The third-order valence-electron chi connectivity index (χ3n) is 3.76. The summed E-state index contributed by atoms with van der Waals surface area (Å²) in [7, 11) is 0. The molecule has 0 radical (unpaired) electrons. The summed E-state index contributed by atoms with van der Waals surface area (Å²) in [5, 5.41) is 0. The Hall–Kier alpha value is -1.20. The maximum atomic E-state index is 5.86. The summed E-state index contributed by atoms with van der Waals surface area (Å²) in [5.41, 5.74) is 6.90. The van der Waals surface area contributed by atoms with Crippen LogP contribution in [0.15, 0.2) is 6.07 Å². The molecule has 0 aromatic carbocycles. The topological polar surface area (TPSA) is 58.3 Å². The molecule has 4 rings (SSSR count). The second-order valence-corrected chi connectivity index (χ2v) is 4.85. The number of fused-ring (bicyclic) bond motifs is 3. The van der Waals surface area contributed by atoms with Gasteiger partial charge in [-0.05, 0) is 6.42 Å². The molecule has 2 N–H and O–H groups in total. The molecule has 2 bridgehead atoms. The second kappa shape index (κ2) is 4.23. The summed E-state index contributed by atoms with van der Waals surface area (Å²) in [6.07, 6.45) is 0.913. The first-order valence-electron chi connectivity index (χ1n) is 6.36. The van der Waals surface area contributed by atoms with Gasteiger partial charge in [-0.1, -0.05) is 6.92 Å². The summed E-state index contributed by atoms with van der Waals surface area (Å²) >= 11 is 0. The molecule has 17 heavy (non-hydrogen) atoms. The lowest BCUT2D eigenvalue weighted by atomic mass is 10.1. The van der Waals surface area contributed by atoms with E-state index in [0.29, 0.717) is 11.9 Å². The molecule has 0 amide bonds. The van der Waals surface area contributed by atoms with Gasteiger partial charge in [0.2, 0.25) is 0 Å². The van der Waals surface area contributed by atoms with Crippen molar-refractivity contribution in [2.24, 2.45) is 0 Å². The molecule has 1 atom stereocenters. The number of aromatic nitrogens is 2. The van der Waals surface area contributed by atoms with Crippen molar-refractivity contribution in [3.05, 3.63) is 17.6 Å². The van der Waals surface area contributed by atoms with Gasteiger partial charge in [-0.3, -0.25) is 9.80 Å². The summed E-state index contributed by atoms with van der Waals surface area (Å²) in [6.45, 7) is 7.77. The molecule has 92 valence electrons. The van der Waals surface area contributed by atoms with Crippen LogP contribution in [-0.4, -0.2) is 52.5 Å². The highest BCUT2D eigenvalue weighted by molar-refractivity contribution is 5.30. The van der Waals surface area contributed by atoms with Crippen molar-refractivity contribution in [3.8, 4) is 0 Å². The van der Waals surface area contributed by atoms with E-state index >= 15 is 0 Å². The van der Waals surface area contributed by atoms with Gasteiger partial charge < -0.3 is 5.73 Å². The molecule has 1 unspecified atom stereocenters. The standard InChI is InChI=1S/C12H19N5/c1-2-9-7-11(13)15-12(14-9)10-8-16-3-5-17(10)6-4-16/h7,10H,2-6,8H2,1H3,(H2,13,14,15). The molecule has 0 spiro atoms. The number of hydrogen-bond acceptors (Lipinski definition) is 5. The van der Waals surface area contributed by atoms with Crippen molar-refractivity contribution in [2.45, 2.75) is 19.4 Å². The molecule has 5 heteroatoms. The Bertz CT molecular complexity index is 411. The Morgan fingerprint density at radius 2 is 2.06 bits per heavy atom. The lowest BCUT2D eigenvalue weighted by molar-refractivity contribution is 0.00863. The zero-order chi connectivity index (χ0) is 11.8. The van der Waals surface area contributed by atoms with Gasteiger partial charge in [0.15, 0.2) is 0 Å². The van der Waals surface area contributed by atoms with Gasteiger partial charge in [-0.15, -0.1) is 0 Å². The number of nitrogen functional groups attached to an aromatic ring is 1. The van der Waals surface area contributed by atoms with E-state index in [4.69, 9.17) is 5.73 Å². The highest BCUT2D eigenvalue weighted by atomic mass is 15.4. The minimum absolute atomic E-state index is 0.339. The number of piperazine rings is 3. The van der Waals surface area contributed by atoms with Crippen LogP contribution in [0.3, 0.4) is 0 Å². The monoisotopic (exact) mass is 233 g/mol. The fourth-order valence-electron chi connectivity index (χ4n) is 2.73. The Labute approximate surface area is 102 Å². The van der Waals surface area contributed by atoms with Crippen molar-refractivity contribution in [1.29, 1.82) is 0 Å². The first-order valence-corrected chi connectivity index (χ1v) is 6.36. The van der Waals surface area contributed by atoms with Gasteiger partial charge in [0.1, 0.15) is 11.6 Å². The van der Waals surface area contributed by atoms with Gasteiger partial charge >= 0.3 is 0 Å². The van der Waals surface area contributed by atoms with Crippen LogP contribution in [-0.2, 0) is 6.42 Å². The normalized spacial score (nSPS) is 31.7. The highest BCUT2D eigenvalue weighted by Crippen LogP contribution is 2.27. The SMILES string of the molecule is CCc1cc(N)nc(C2CN3CCN2CC3)n1. The van der Waals surface area contributed by atoms with Gasteiger partial charge in [0.25, 0.3) is 0 Å². The Balaban J connectivity index is 1.90. The summed E-state index contributed by atoms with van der Waals surface area (Å²) in [6, 6.07) is 2.21. The van der Waals surface area contributed by atoms with Crippen LogP contribution < -0.4 is 5.73 Å². The predicted octanol–water partition coefficient (Wildman–Crippen LogP) is 0.293. The third-order valence-corrected chi connectivity index (χ3v) is 3.76. The second-order valence-electron chi connectivity index (χ2n) is 4.85. The minimum atomic E-state index is 0.339. The van der Waals surface area contributed by atoms with Crippen LogP contribution in [0, 0.1) is 0 Å². The fraction of sp³-hybridized carbons (Fsp3) is 0.667. The summed E-state index contributed by atoms with van der Waals surface area (Å²) in [4.78, 5) is 14.0. The maximum absolute atomic E-state index is 5.86. The van der Waals surface area contributed by atoms with Crippen molar-refractivity contribution >= 4 is 5.82 Å². The number of hydrogen-bond donors (Lipinski definition) is 1. The molecular weight excluding hydrogens is 214 g/mol. The lowest BCUT2D eigenvalue weighted by Gasteiger charge is -2.46. The highest BCUT2D eigenvalue weighted by Gasteiger charge is 2.34.